The summed E-state index contributed by atoms with van der Waals surface area (Å²) in [6.07, 6.45) is 5.43. The SMILES string of the molecule is Cc1cc(C)cc(NC(=O)CN2C(=O)[C@@H]3[C@@H]4C=C[C@H]([C@H]5C[C@H]45)[C@@H]3C2=O)c1. The number of nitrogens with zero attached hydrogens (tertiary/aromatic N) is 1. The zero-order valence-electron chi connectivity index (χ0n) is 14.9. The topological polar surface area (TPSA) is 66.5 Å². The van der Waals surface area contributed by atoms with E-state index < -0.39 is 0 Å². The Morgan fingerprint density at radius 2 is 1.54 bits per heavy atom. The van der Waals surface area contributed by atoms with E-state index in [9.17, 15) is 14.4 Å². The van der Waals surface area contributed by atoms with Crippen molar-refractivity contribution >= 4 is 23.4 Å². The van der Waals surface area contributed by atoms with Crippen molar-refractivity contribution in [2.24, 2.45) is 35.5 Å². The molecule has 5 heteroatoms. The maximum Gasteiger partial charge on any atom is 0.244 e. The molecule has 6 rings (SSSR count). The molecule has 26 heavy (non-hydrogen) atoms. The molecular weight excluding hydrogens is 328 g/mol. The molecule has 3 amide bonds. The Morgan fingerprint density at radius 3 is 2.08 bits per heavy atom. The lowest BCUT2D eigenvalue weighted by molar-refractivity contribution is -0.142. The van der Waals surface area contributed by atoms with E-state index in [4.69, 9.17) is 0 Å². The molecule has 5 aliphatic rings. The molecule has 1 aromatic carbocycles. The van der Waals surface area contributed by atoms with Gasteiger partial charge in [-0.3, -0.25) is 19.3 Å². The summed E-state index contributed by atoms with van der Waals surface area (Å²) < 4.78 is 0. The molecule has 1 aliphatic heterocycles. The lowest BCUT2D eigenvalue weighted by Crippen LogP contribution is -2.40. The van der Waals surface area contributed by atoms with Crippen LogP contribution in [-0.2, 0) is 14.4 Å². The third-order valence-electron chi connectivity index (χ3n) is 6.56. The van der Waals surface area contributed by atoms with Gasteiger partial charge in [-0.05, 0) is 67.2 Å². The fourth-order valence-corrected chi connectivity index (χ4v) is 5.57. The molecular formula is C21H22N2O3. The monoisotopic (exact) mass is 350 g/mol. The maximum atomic E-state index is 12.9. The van der Waals surface area contributed by atoms with Crippen molar-refractivity contribution in [3.8, 4) is 0 Å². The summed E-state index contributed by atoms with van der Waals surface area (Å²) in [6, 6.07) is 5.80. The fraction of sp³-hybridized carbons (Fsp3) is 0.476. The molecule has 5 nitrogen and oxygen atoms in total. The van der Waals surface area contributed by atoms with E-state index >= 15 is 0 Å². The molecule has 134 valence electrons. The van der Waals surface area contributed by atoms with Crippen molar-refractivity contribution in [2.45, 2.75) is 20.3 Å². The molecule has 2 bridgehead atoms. The van der Waals surface area contributed by atoms with Gasteiger partial charge in [0.05, 0.1) is 11.8 Å². The summed E-state index contributed by atoms with van der Waals surface area (Å²) in [5, 5.41) is 2.83. The lowest BCUT2D eigenvalue weighted by atomic mass is 9.63. The largest absolute Gasteiger partial charge is 0.325 e. The van der Waals surface area contributed by atoms with Crippen LogP contribution in [0.3, 0.4) is 0 Å². The van der Waals surface area contributed by atoms with Gasteiger partial charge in [0, 0.05) is 5.69 Å². The van der Waals surface area contributed by atoms with Gasteiger partial charge in [0.25, 0.3) is 0 Å². The predicted octanol–water partition coefficient (Wildman–Crippen LogP) is 2.30. The van der Waals surface area contributed by atoms with Crippen LogP contribution in [0.15, 0.2) is 30.4 Å². The third kappa shape index (κ3) is 2.19. The number of nitrogens with one attached hydrogen (secondary N) is 1. The molecule has 1 aromatic rings. The highest BCUT2D eigenvalue weighted by Gasteiger charge is 2.67. The number of carbonyl (C=O) groups excluding carboxylic acids is 3. The molecule has 0 unspecified atom stereocenters. The summed E-state index contributed by atoms with van der Waals surface area (Å²) in [6.45, 7) is 3.75. The zero-order chi connectivity index (χ0) is 18.2. The third-order valence-corrected chi connectivity index (χ3v) is 6.56. The van der Waals surface area contributed by atoms with Gasteiger partial charge in [-0.15, -0.1) is 0 Å². The van der Waals surface area contributed by atoms with Crippen molar-refractivity contribution in [1.29, 1.82) is 0 Å². The average molecular weight is 350 g/mol. The number of amides is 3. The first-order chi connectivity index (χ1) is 12.4. The Kier molecular flexibility index (Phi) is 3.21. The molecule has 3 fully saturated rings. The second kappa shape index (κ2) is 5.29. The highest BCUT2D eigenvalue weighted by atomic mass is 16.2. The van der Waals surface area contributed by atoms with Crippen molar-refractivity contribution in [3.05, 3.63) is 41.5 Å². The van der Waals surface area contributed by atoms with Crippen LogP contribution in [0.5, 0.6) is 0 Å². The number of benzene rings is 1. The van der Waals surface area contributed by atoms with E-state index in [1.807, 2.05) is 32.0 Å². The van der Waals surface area contributed by atoms with E-state index in [0.29, 0.717) is 17.5 Å². The van der Waals surface area contributed by atoms with Gasteiger partial charge in [0.2, 0.25) is 17.7 Å². The standard InChI is InChI=1S/C21H22N2O3/c1-10-5-11(2)7-12(6-10)22-17(24)9-23-20(25)18-13-3-4-14(16-8-15(13)16)19(18)21(23)26/h3-7,13-16,18-19H,8-9H2,1-2H3,(H,22,24)/t13-,14-,15-,16-,18-,19+/m1/s1. The Labute approximate surface area is 152 Å². The smallest absolute Gasteiger partial charge is 0.244 e. The van der Waals surface area contributed by atoms with Crippen LogP contribution in [0.1, 0.15) is 17.5 Å². The van der Waals surface area contributed by atoms with Crippen LogP contribution in [0.25, 0.3) is 0 Å². The molecule has 0 spiro atoms. The van der Waals surface area contributed by atoms with E-state index in [2.05, 4.69) is 17.5 Å². The van der Waals surface area contributed by atoms with Gasteiger partial charge in [-0.25, -0.2) is 0 Å². The zero-order valence-corrected chi connectivity index (χ0v) is 14.9. The lowest BCUT2D eigenvalue weighted by Gasteiger charge is -2.37. The minimum absolute atomic E-state index is 0.153. The first-order valence-electron chi connectivity index (χ1n) is 9.36. The Hall–Kier alpha value is -2.43. The molecule has 1 saturated heterocycles. The fourth-order valence-electron chi connectivity index (χ4n) is 5.57. The van der Waals surface area contributed by atoms with Crippen LogP contribution in [0.4, 0.5) is 5.69 Å². The molecule has 0 radical (unpaired) electrons. The summed E-state index contributed by atoms with van der Waals surface area (Å²) >= 11 is 0. The summed E-state index contributed by atoms with van der Waals surface area (Å²) in [5.74, 6) is 0.434. The first kappa shape index (κ1) is 15.8. The van der Waals surface area contributed by atoms with Crippen LogP contribution in [0, 0.1) is 49.4 Å². The number of rotatable bonds is 3. The van der Waals surface area contributed by atoms with Crippen LogP contribution in [0.2, 0.25) is 0 Å². The Morgan fingerprint density at radius 1 is 1.00 bits per heavy atom. The van der Waals surface area contributed by atoms with E-state index in [1.54, 1.807) is 0 Å². The van der Waals surface area contributed by atoms with Crippen molar-refractivity contribution < 1.29 is 14.4 Å². The maximum absolute atomic E-state index is 12.9. The molecule has 2 saturated carbocycles. The highest BCUT2D eigenvalue weighted by Crippen LogP contribution is 2.65. The Bertz CT molecular complexity index is 818. The first-order valence-corrected chi connectivity index (χ1v) is 9.36. The average Bonchev–Trinajstić information content (AvgIpc) is 3.35. The van der Waals surface area contributed by atoms with E-state index in [0.717, 1.165) is 17.5 Å². The Balaban J connectivity index is 1.33. The number of hydrogen-bond acceptors (Lipinski definition) is 3. The number of hydrogen-bond donors (Lipinski definition) is 1. The van der Waals surface area contributed by atoms with Gasteiger partial charge in [-0.1, -0.05) is 18.2 Å². The summed E-state index contributed by atoms with van der Waals surface area (Å²) in [4.78, 5) is 39.4. The number of aryl methyl sites for hydroxylation is 2. The summed E-state index contributed by atoms with van der Waals surface area (Å²) in [5.41, 5.74) is 2.81. The van der Waals surface area contributed by atoms with Crippen LogP contribution in [-0.4, -0.2) is 29.2 Å². The predicted molar refractivity (Wildman–Crippen MR) is 96.0 cm³/mol. The van der Waals surface area contributed by atoms with Gasteiger partial charge in [0.15, 0.2) is 0 Å². The number of likely N-dealkylation sites (tertiary alicyclic amines) is 1. The molecule has 0 aromatic heterocycles. The van der Waals surface area contributed by atoms with Crippen molar-refractivity contribution in [1.82, 2.24) is 4.90 Å². The minimum atomic E-state index is -0.319. The quantitative estimate of drug-likeness (QED) is 0.672. The second-order valence-corrected chi connectivity index (χ2v) is 8.34. The molecule has 4 aliphatic carbocycles. The number of anilines is 1. The summed E-state index contributed by atoms with van der Waals surface area (Å²) in [7, 11) is 0. The van der Waals surface area contributed by atoms with Crippen LogP contribution >= 0.6 is 0 Å². The number of carbonyl (C=O) groups is 3. The molecule has 6 atom stereocenters. The van der Waals surface area contributed by atoms with E-state index in [1.165, 1.54) is 4.90 Å². The van der Waals surface area contributed by atoms with E-state index in [-0.39, 0.29) is 47.9 Å². The van der Waals surface area contributed by atoms with Crippen molar-refractivity contribution in [3.63, 3.8) is 0 Å². The van der Waals surface area contributed by atoms with Gasteiger partial charge in [0.1, 0.15) is 6.54 Å². The highest BCUT2D eigenvalue weighted by molar-refractivity contribution is 6.09. The number of imide groups is 1. The molecule has 1 heterocycles. The van der Waals surface area contributed by atoms with Gasteiger partial charge >= 0.3 is 0 Å². The normalized spacial score (nSPS) is 36.2. The van der Waals surface area contributed by atoms with Crippen LogP contribution < -0.4 is 5.32 Å². The second-order valence-electron chi connectivity index (χ2n) is 8.34. The minimum Gasteiger partial charge on any atom is -0.325 e. The molecule has 1 N–H and O–H groups in total. The number of allylic oxidation sites excluding steroid dienone is 2. The van der Waals surface area contributed by atoms with Gasteiger partial charge in [-0.2, -0.15) is 0 Å². The van der Waals surface area contributed by atoms with Gasteiger partial charge < -0.3 is 5.32 Å². The van der Waals surface area contributed by atoms with Crippen molar-refractivity contribution in [2.75, 3.05) is 11.9 Å².